The van der Waals surface area contributed by atoms with Crippen molar-refractivity contribution in [3.05, 3.63) is 29.8 Å². The quantitative estimate of drug-likeness (QED) is 0.636. The number of carbonyl (C=O) groups is 2. The lowest BCUT2D eigenvalue weighted by Gasteiger charge is -2.35. The van der Waals surface area contributed by atoms with Crippen LogP contribution in [-0.4, -0.2) is 47.9 Å². The smallest absolute Gasteiger partial charge is 0.325 e. The molecule has 1 aliphatic rings. The summed E-state index contributed by atoms with van der Waals surface area (Å²) in [5, 5.41) is 9.67. The fraction of sp³-hybridized carbons (Fsp3) is 0.529. The van der Waals surface area contributed by atoms with Gasteiger partial charge in [-0.2, -0.15) is 0 Å². The lowest BCUT2D eigenvalue weighted by molar-refractivity contribution is -0.153. The number of carbonyl (C=O) groups excluding carboxylic acids is 1. The van der Waals surface area contributed by atoms with Crippen LogP contribution in [0.2, 0.25) is 0 Å². The summed E-state index contributed by atoms with van der Waals surface area (Å²) in [5.41, 5.74) is 0.750. The second-order valence-electron chi connectivity index (χ2n) is 5.60. The molecule has 126 valence electrons. The van der Waals surface area contributed by atoms with E-state index in [9.17, 15) is 14.7 Å². The zero-order chi connectivity index (χ0) is 16.8. The van der Waals surface area contributed by atoms with Gasteiger partial charge in [-0.05, 0) is 50.3 Å². The van der Waals surface area contributed by atoms with Crippen molar-refractivity contribution in [1.29, 1.82) is 0 Å². The maximum Gasteiger partial charge on any atom is 0.325 e. The molecule has 2 rings (SSSR count). The van der Waals surface area contributed by atoms with E-state index in [1.807, 2.05) is 35.4 Å². The molecule has 23 heavy (non-hydrogen) atoms. The number of piperidine rings is 1. The van der Waals surface area contributed by atoms with Gasteiger partial charge in [-0.1, -0.05) is 12.1 Å². The fourth-order valence-corrected chi connectivity index (χ4v) is 3.40. The van der Waals surface area contributed by atoms with Crippen LogP contribution in [0.1, 0.15) is 31.4 Å². The third-order valence-corrected chi connectivity index (χ3v) is 4.85. The molecule has 6 heteroatoms. The first-order chi connectivity index (χ1) is 11.1. The Morgan fingerprint density at radius 2 is 2.09 bits per heavy atom. The molecule has 0 unspecified atom stereocenters. The third-order valence-electron chi connectivity index (χ3n) is 4.10. The van der Waals surface area contributed by atoms with Crippen LogP contribution in [0.15, 0.2) is 29.2 Å². The van der Waals surface area contributed by atoms with Crippen LogP contribution in [0.5, 0.6) is 0 Å². The lowest BCUT2D eigenvalue weighted by atomic mass is 9.95. The second kappa shape index (κ2) is 8.36. The average molecular weight is 337 g/mol. The van der Waals surface area contributed by atoms with Crippen LogP contribution in [0.4, 0.5) is 0 Å². The largest absolute Gasteiger partial charge is 0.480 e. The van der Waals surface area contributed by atoms with Crippen molar-refractivity contribution in [2.45, 2.75) is 30.7 Å². The summed E-state index contributed by atoms with van der Waals surface area (Å²) >= 11 is 1.62. The normalized spacial score (nSPS) is 20.0. The number of nitrogens with zero attached hydrogens (tertiary/aromatic N) is 1. The first kappa shape index (κ1) is 17.8. The minimum absolute atomic E-state index is 0.223. The molecule has 1 saturated heterocycles. The van der Waals surface area contributed by atoms with E-state index in [4.69, 9.17) is 4.74 Å². The van der Waals surface area contributed by atoms with Gasteiger partial charge in [0.05, 0.1) is 12.5 Å². The summed E-state index contributed by atoms with van der Waals surface area (Å²) in [7, 11) is 0. The summed E-state index contributed by atoms with van der Waals surface area (Å²) in [6.07, 6.45) is 3.54. The number of carboxylic acids is 1. The number of rotatable bonds is 6. The molecule has 1 heterocycles. The Morgan fingerprint density at radius 1 is 1.39 bits per heavy atom. The standard InChI is InChI=1S/C17H23NO4S/c1-3-22-17(21)13-5-4-10-18(11-13)15(16(19)20)12-6-8-14(23-2)9-7-12/h6-9,13,15H,3-5,10-11H2,1-2H3,(H,19,20)/t13-,15-/m1/s1. The number of aliphatic carboxylic acids is 1. The lowest BCUT2D eigenvalue weighted by Crippen LogP contribution is -2.43. The Bertz CT molecular complexity index is 546. The highest BCUT2D eigenvalue weighted by atomic mass is 32.2. The van der Waals surface area contributed by atoms with Crippen LogP contribution < -0.4 is 0 Å². The van der Waals surface area contributed by atoms with Crippen molar-refractivity contribution in [3.8, 4) is 0 Å². The highest BCUT2D eigenvalue weighted by Crippen LogP contribution is 2.29. The molecule has 1 aliphatic heterocycles. The number of ether oxygens (including phenoxy) is 1. The molecule has 1 N–H and O–H groups in total. The Kier molecular flexibility index (Phi) is 6.47. The van der Waals surface area contributed by atoms with E-state index in [-0.39, 0.29) is 11.9 Å². The van der Waals surface area contributed by atoms with Gasteiger partial charge < -0.3 is 9.84 Å². The minimum Gasteiger partial charge on any atom is -0.480 e. The van der Waals surface area contributed by atoms with Crippen molar-refractivity contribution in [1.82, 2.24) is 4.90 Å². The molecule has 0 amide bonds. The van der Waals surface area contributed by atoms with Crippen LogP contribution >= 0.6 is 11.8 Å². The molecule has 1 aromatic carbocycles. The average Bonchev–Trinajstić information content (AvgIpc) is 2.56. The number of thioether (sulfide) groups is 1. The van der Waals surface area contributed by atoms with Crippen LogP contribution in [0.3, 0.4) is 0 Å². The molecule has 0 aliphatic carbocycles. The van der Waals surface area contributed by atoms with E-state index in [2.05, 4.69) is 0 Å². The van der Waals surface area contributed by atoms with E-state index < -0.39 is 12.0 Å². The molecule has 0 spiro atoms. The molecule has 1 aromatic rings. The van der Waals surface area contributed by atoms with Gasteiger partial charge in [0.1, 0.15) is 6.04 Å². The zero-order valence-electron chi connectivity index (χ0n) is 13.5. The van der Waals surface area contributed by atoms with Gasteiger partial charge in [0.2, 0.25) is 0 Å². The Morgan fingerprint density at radius 3 is 2.65 bits per heavy atom. The summed E-state index contributed by atoms with van der Waals surface area (Å²) in [5.74, 6) is -1.35. The van der Waals surface area contributed by atoms with Gasteiger partial charge >= 0.3 is 11.9 Å². The number of hydrogen-bond acceptors (Lipinski definition) is 5. The number of likely N-dealkylation sites (tertiary alicyclic amines) is 1. The predicted octanol–water partition coefficient (Wildman–Crippen LogP) is 2.81. The van der Waals surface area contributed by atoms with Gasteiger partial charge in [0, 0.05) is 11.4 Å². The number of benzene rings is 1. The summed E-state index contributed by atoms with van der Waals surface area (Å²) < 4.78 is 5.09. The van der Waals surface area contributed by atoms with Crippen LogP contribution in [-0.2, 0) is 14.3 Å². The van der Waals surface area contributed by atoms with E-state index in [1.54, 1.807) is 18.7 Å². The first-order valence-electron chi connectivity index (χ1n) is 7.84. The van der Waals surface area contributed by atoms with Crippen molar-refractivity contribution in [2.75, 3.05) is 26.0 Å². The van der Waals surface area contributed by atoms with Crippen molar-refractivity contribution in [2.24, 2.45) is 5.92 Å². The van der Waals surface area contributed by atoms with Crippen LogP contribution in [0.25, 0.3) is 0 Å². The highest BCUT2D eigenvalue weighted by Gasteiger charge is 2.34. The summed E-state index contributed by atoms with van der Waals surface area (Å²) in [4.78, 5) is 26.7. The molecule has 5 nitrogen and oxygen atoms in total. The molecule has 0 aromatic heterocycles. The Labute approximate surface area is 141 Å². The number of carboxylic acid groups (broad SMARTS) is 1. The van der Waals surface area contributed by atoms with Crippen molar-refractivity contribution in [3.63, 3.8) is 0 Å². The minimum atomic E-state index is -0.883. The SMILES string of the molecule is CCOC(=O)[C@@H]1CCCN([C@@H](C(=O)O)c2ccc(SC)cc2)C1. The zero-order valence-corrected chi connectivity index (χ0v) is 14.3. The molecule has 0 saturated carbocycles. The molecule has 0 radical (unpaired) electrons. The Balaban J connectivity index is 2.16. The topological polar surface area (TPSA) is 66.8 Å². The van der Waals surface area contributed by atoms with Gasteiger partial charge in [0.25, 0.3) is 0 Å². The number of hydrogen-bond donors (Lipinski definition) is 1. The van der Waals surface area contributed by atoms with E-state index in [0.29, 0.717) is 19.7 Å². The first-order valence-corrected chi connectivity index (χ1v) is 9.06. The highest BCUT2D eigenvalue weighted by molar-refractivity contribution is 7.98. The summed E-state index contributed by atoms with van der Waals surface area (Å²) in [6.45, 7) is 3.25. The number of esters is 1. The van der Waals surface area contributed by atoms with E-state index in [1.165, 1.54) is 0 Å². The third kappa shape index (κ3) is 4.48. The van der Waals surface area contributed by atoms with E-state index >= 15 is 0 Å². The van der Waals surface area contributed by atoms with Gasteiger partial charge in [-0.15, -0.1) is 11.8 Å². The van der Waals surface area contributed by atoms with E-state index in [0.717, 1.165) is 23.3 Å². The molecule has 1 fully saturated rings. The monoisotopic (exact) mass is 337 g/mol. The molecule has 2 atom stereocenters. The molecular weight excluding hydrogens is 314 g/mol. The van der Waals surface area contributed by atoms with Gasteiger partial charge in [0.15, 0.2) is 0 Å². The van der Waals surface area contributed by atoms with Gasteiger partial charge in [-0.25, -0.2) is 0 Å². The predicted molar refractivity (Wildman–Crippen MR) is 89.5 cm³/mol. The maximum atomic E-state index is 12.0. The van der Waals surface area contributed by atoms with Crippen molar-refractivity contribution >= 4 is 23.7 Å². The van der Waals surface area contributed by atoms with Gasteiger partial charge in [-0.3, -0.25) is 14.5 Å². The summed E-state index contributed by atoms with van der Waals surface area (Å²) in [6, 6.07) is 6.87. The second-order valence-corrected chi connectivity index (χ2v) is 6.48. The van der Waals surface area contributed by atoms with Crippen LogP contribution in [0, 0.1) is 5.92 Å². The Hall–Kier alpha value is -1.53. The molecule has 0 bridgehead atoms. The fourth-order valence-electron chi connectivity index (χ4n) is 2.99. The van der Waals surface area contributed by atoms with Crippen molar-refractivity contribution < 1.29 is 19.4 Å². The maximum absolute atomic E-state index is 12.0. The molecular formula is C17H23NO4S.